The predicted molar refractivity (Wildman–Crippen MR) is 107 cm³/mol. The number of aliphatic hydroxyl groups excluding tert-OH is 1. The molecule has 0 unspecified atom stereocenters. The van der Waals surface area contributed by atoms with Crippen LogP contribution in [0.3, 0.4) is 0 Å². The molecule has 3 aromatic rings. The molecule has 3 rings (SSSR count). The fourth-order valence-corrected chi connectivity index (χ4v) is 2.82. The van der Waals surface area contributed by atoms with Gasteiger partial charge in [-0.2, -0.15) is 0 Å². The summed E-state index contributed by atoms with van der Waals surface area (Å²) >= 11 is 0. The van der Waals surface area contributed by atoms with Gasteiger partial charge in [0.2, 0.25) is 0 Å². The van der Waals surface area contributed by atoms with E-state index in [1.165, 1.54) is 0 Å². The van der Waals surface area contributed by atoms with E-state index in [0.717, 1.165) is 10.9 Å². The van der Waals surface area contributed by atoms with E-state index in [1.807, 2.05) is 44.2 Å². The van der Waals surface area contributed by atoms with Crippen molar-refractivity contribution in [2.24, 2.45) is 5.92 Å². The number of hydrogen-bond acceptors (Lipinski definition) is 5. The first-order chi connectivity index (χ1) is 13.5. The zero-order chi connectivity index (χ0) is 20.1. The van der Waals surface area contributed by atoms with Crippen molar-refractivity contribution >= 4 is 16.9 Å². The average Bonchev–Trinajstić information content (AvgIpc) is 2.70. The summed E-state index contributed by atoms with van der Waals surface area (Å²) in [5, 5.41) is 12.8. The van der Waals surface area contributed by atoms with Crippen LogP contribution in [-0.2, 0) is 4.79 Å². The molecule has 2 aromatic carbocycles. The SMILES string of the molecule is CC(C)[C@H](CO)NC(=O)COc1ccc2cc(-c3ccccc3)c(=O)oc2c1. The summed E-state index contributed by atoms with van der Waals surface area (Å²) in [5.74, 6) is 0.208. The minimum atomic E-state index is -0.434. The van der Waals surface area contributed by atoms with Gasteiger partial charge in [-0.3, -0.25) is 4.79 Å². The molecule has 1 amide bonds. The van der Waals surface area contributed by atoms with Gasteiger partial charge < -0.3 is 19.6 Å². The van der Waals surface area contributed by atoms with Gasteiger partial charge in [-0.05, 0) is 29.7 Å². The van der Waals surface area contributed by atoms with Gasteiger partial charge in [0.1, 0.15) is 11.3 Å². The molecule has 2 N–H and O–H groups in total. The number of fused-ring (bicyclic) bond motifs is 1. The maximum atomic E-state index is 12.3. The second-order valence-electron chi connectivity index (χ2n) is 6.90. The van der Waals surface area contributed by atoms with E-state index in [4.69, 9.17) is 9.15 Å². The molecule has 0 saturated carbocycles. The number of rotatable bonds is 7. The second-order valence-corrected chi connectivity index (χ2v) is 6.90. The van der Waals surface area contributed by atoms with Crippen molar-refractivity contribution in [2.75, 3.05) is 13.2 Å². The lowest BCUT2D eigenvalue weighted by atomic mass is 10.1. The molecule has 0 fully saturated rings. The van der Waals surface area contributed by atoms with Crippen LogP contribution in [0.5, 0.6) is 5.75 Å². The standard InChI is InChI=1S/C22H23NO5/c1-14(2)19(12-24)23-21(25)13-27-17-9-8-16-10-18(15-6-4-3-5-7-15)22(26)28-20(16)11-17/h3-11,14,19,24H,12-13H2,1-2H3,(H,23,25)/t19-/m0/s1. The van der Waals surface area contributed by atoms with Crippen LogP contribution in [0, 0.1) is 5.92 Å². The van der Waals surface area contributed by atoms with Crippen LogP contribution in [0.2, 0.25) is 0 Å². The number of carbonyl (C=O) groups is 1. The first-order valence-corrected chi connectivity index (χ1v) is 9.14. The van der Waals surface area contributed by atoms with E-state index in [9.17, 15) is 14.7 Å². The molecule has 1 heterocycles. The molecule has 28 heavy (non-hydrogen) atoms. The number of benzene rings is 2. The Morgan fingerprint density at radius 3 is 2.57 bits per heavy atom. The van der Waals surface area contributed by atoms with Crippen LogP contribution in [0.25, 0.3) is 22.1 Å². The van der Waals surface area contributed by atoms with Crippen LogP contribution in [-0.4, -0.2) is 30.3 Å². The van der Waals surface area contributed by atoms with E-state index in [1.54, 1.807) is 24.3 Å². The highest BCUT2D eigenvalue weighted by Gasteiger charge is 2.15. The van der Waals surface area contributed by atoms with E-state index in [2.05, 4.69) is 5.32 Å². The lowest BCUT2D eigenvalue weighted by Gasteiger charge is -2.19. The van der Waals surface area contributed by atoms with E-state index >= 15 is 0 Å². The van der Waals surface area contributed by atoms with Gasteiger partial charge >= 0.3 is 5.63 Å². The Bertz CT molecular complexity index is 1010. The van der Waals surface area contributed by atoms with Gasteiger partial charge in [-0.1, -0.05) is 44.2 Å². The number of ether oxygens (including phenoxy) is 1. The van der Waals surface area contributed by atoms with Crippen molar-refractivity contribution in [1.29, 1.82) is 0 Å². The third-order valence-electron chi connectivity index (χ3n) is 4.51. The van der Waals surface area contributed by atoms with Crippen LogP contribution >= 0.6 is 0 Å². The van der Waals surface area contributed by atoms with Crippen LogP contribution in [0.15, 0.2) is 63.8 Å². The van der Waals surface area contributed by atoms with Gasteiger partial charge in [-0.15, -0.1) is 0 Å². The fourth-order valence-electron chi connectivity index (χ4n) is 2.82. The molecule has 0 radical (unpaired) electrons. The summed E-state index contributed by atoms with van der Waals surface area (Å²) < 4.78 is 10.9. The maximum Gasteiger partial charge on any atom is 0.344 e. The topological polar surface area (TPSA) is 88.8 Å². The molecule has 0 aliphatic heterocycles. The smallest absolute Gasteiger partial charge is 0.344 e. The van der Waals surface area contributed by atoms with Crippen molar-refractivity contribution in [3.05, 3.63) is 65.0 Å². The number of nitrogens with one attached hydrogen (secondary N) is 1. The Morgan fingerprint density at radius 1 is 1.14 bits per heavy atom. The van der Waals surface area contributed by atoms with Crippen LogP contribution < -0.4 is 15.7 Å². The molecule has 1 aromatic heterocycles. The van der Waals surface area contributed by atoms with Crippen molar-refractivity contribution < 1.29 is 19.1 Å². The molecular weight excluding hydrogens is 358 g/mol. The molecule has 0 spiro atoms. The second kappa shape index (κ2) is 8.71. The Morgan fingerprint density at radius 2 is 1.89 bits per heavy atom. The van der Waals surface area contributed by atoms with E-state index in [-0.39, 0.29) is 31.1 Å². The zero-order valence-electron chi connectivity index (χ0n) is 15.8. The first-order valence-electron chi connectivity index (χ1n) is 9.14. The summed E-state index contributed by atoms with van der Waals surface area (Å²) in [6, 6.07) is 15.9. The van der Waals surface area contributed by atoms with Gasteiger partial charge in [0.15, 0.2) is 6.61 Å². The van der Waals surface area contributed by atoms with Crippen molar-refractivity contribution in [3.63, 3.8) is 0 Å². The largest absolute Gasteiger partial charge is 0.484 e. The molecule has 0 saturated heterocycles. The maximum absolute atomic E-state index is 12.3. The van der Waals surface area contributed by atoms with Crippen molar-refractivity contribution in [1.82, 2.24) is 5.32 Å². The van der Waals surface area contributed by atoms with Gasteiger partial charge in [0.25, 0.3) is 5.91 Å². The number of amides is 1. The lowest BCUT2D eigenvalue weighted by Crippen LogP contribution is -2.43. The van der Waals surface area contributed by atoms with E-state index < -0.39 is 5.63 Å². The molecule has 0 bridgehead atoms. The van der Waals surface area contributed by atoms with Gasteiger partial charge in [-0.25, -0.2) is 4.79 Å². The Balaban J connectivity index is 1.74. The number of carbonyl (C=O) groups excluding carboxylic acids is 1. The highest BCUT2D eigenvalue weighted by atomic mass is 16.5. The third kappa shape index (κ3) is 4.58. The Kier molecular flexibility index (Phi) is 6.11. The summed E-state index contributed by atoms with van der Waals surface area (Å²) in [7, 11) is 0. The molecular formula is C22H23NO5. The van der Waals surface area contributed by atoms with Crippen molar-refractivity contribution in [2.45, 2.75) is 19.9 Å². The van der Waals surface area contributed by atoms with Gasteiger partial charge in [0, 0.05) is 11.5 Å². The molecule has 6 nitrogen and oxygen atoms in total. The fraction of sp³-hybridized carbons (Fsp3) is 0.273. The van der Waals surface area contributed by atoms with Crippen LogP contribution in [0.4, 0.5) is 0 Å². The minimum Gasteiger partial charge on any atom is -0.484 e. The van der Waals surface area contributed by atoms with Gasteiger partial charge in [0.05, 0.1) is 18.2 Å². The summed E-state index contributed by atoms with van der Waals surface area (Å²) in [5.41, 5.74) is 1.23. The minimum absolute atomic E-state index is 0.114. The van der Waals surface area contributed by atoms with E-state index in [0.29, 0.717) is 16.9 Å². The molecule has 0 aliphatic carbocycles. The first kappa shape index (κ1) is 19.6. The normalized spacial score (nSPS) is 12.1. The monoisotopic (exact) mass is 381 g/mol. The number of aliphatic hydroxyl groups is 1. The molecule has 6 heteroatoms. The molecule has 1 atom stereocenters. The predicted octanol–water partition coefficient (Wildman–Crippen LogP) is 2.97. The van der Waals surface area contributed by atoms with Crippen LogP contribution in [0.1, 0.15) is 13.8 Å². The molecule has 0 aliphatic rings. The summed E-state index contributed by atoms with van der Waals surface area (Å²) in [4.78, 5) is 24.3. The Hall–Kier alpha value is -3.12. The quantitative estimate of drug-likeness (QED) is 0.614. The third-order valence-corrected chi connectivity index (χ3v) is 4.51. The molecule has 146 valence electrons. The average molecular weight is 381 g/mol. The summed E-state index contributed by atoms with van der Waals surface area (Å²) in [6.45, 7) is 3.50. The van der Waals surface area contributed by atoms with Crippen molar-refractivity contribution in [3.8, 4) is 16.9 Å². The number of hydrogen-bond donors (Lipinski definition) is 2. The lowest BCUT2D eigenvalue weighted by molar-refractivity contribution is -0.124. The highest BCUT2D eigenvalue weighted by molar-refractivity contribution is 5.83. The summed E-state index contributed by atoms with van der Waals surface area (Å²) in [6.07, 6.45) is 0. The zero-order valence-corrected chi connectivity index (χ0v) is 15.8. The Labute approximate surface area is 162 Å². The highest BCUT2D eigenvalue weighted by Crippen LogP contribution is 2.24.